The highest BCUT2D eigenvalue weighted by Crippen LogP contribution is 2.41. The summed E-state index contributed by atoms with van der Waals surface area (Å²) in [6.07, 6.45) is 4.76. The summed E-state index contributed by atoms with van der Waals surface area (Å²) in [6.45, 7) is 8.23. The Labute approximate surface area is 138 Å². The van der Waals surface area contributed by atoms with Crippen LogP contribution >= 0.6 is 0 Å². The Kier molecular flexibility index (Phi) is 5.12. The maximum Gasteiger partial charge on any atom is 0.328 e. The molecule has 126 valence electrons. The van der Waals surface area contributed by atoms with Gasteiger partial charge in [-0.3, -0.25) is 0 Å². The van der Waals surface area contributed by atoms with Crippen molar-refractivity contribution in [1.82, 2.24) is 0 Å². The molecule has 0 radical (unpaired) electrons. The third-order valence-corrected chi connectivity index (χ3v) is 4.45. The number of unbranched alkanes of at least 4 members (excludes halogenated alkanes) is 1. The van der Waals surface area contributed by atoms with Crippen molar-refractivity contribution in [2.45, 2.75) is 58.5 Å². The van der Waals surface area contributed by atoms with Gasteiger partial charge in [0.25, 0.3) is 0 Å². The van der Waals surface area contributed by atoms with Crippen LogP contribution in [-0.2, 0) is 9.53 Å². The Morgan fingerprint density at radius 3 is 2.70 bits per heavy atom. The van der Waals surface area contributed by atoms with Crippen LogP contribution in [0.4, 0.5) is 10.1 Å². The molecule has 1 heterocycles. The Bertz CT molecular complexity index is 622. The lowest BCUT2D eigenvalue weighted by Crippen LogP contribution is -2.54. The Hall–Kier alpha value is -1.84. The Morgan fingerprint density at radius 2 is 2.09 bits per heavy atom. The van der Waals surface area contributed by atoms with Crippen molar-refractivity contribution < 1.29 is 13.9 Å². The SMILES string of the molecule is CCCCC(C(=O)OC)N1c2ccc(F)cc2C(C)=CC1(C)C. The molecule has 4 heteroatoms. The highest BCUT2D eigenvalue weighted by molar-refractivity contribution is 5.87. The second-order valence-corrected chi connectivity index (χ2v) is 6.69. The molecular formula is C19H26FNO2. The third-order valence-electron chi connectivity index (χ3n) is 4.45. The number of halogens is 1. The molecule has 0 saturated heterocycles. The highest BCUT2D eigenvalue weighted by Gasteiger charge is 2.39. The van der Waals surface area contributed by atoms with Crippen molar-refractivity contribution in [3.8, 4) is 0 Å². The second kappa shape index (κ2) is 6.73. The molecule has 0 saturated carbocycles. The van der Waals surface area contributed by atoms with Gasteiger partial charge in [0.1, 0.15) is 11.9 Å². The number of hydrogen-bond acceptors (Lipinski definition) is 3. The number of ether oxygens (including phenoxy) is 1. The number of methoxy groups -OCH3 is 1. The predicted molar refractivity (Wildman–Crippen MR) is 91.9 cm³/mol. The molecule has 1 atom stereocenters. The van der Waals surface area contributed by atoms with Crippen molar-refractivity contribution in [2.75, 3.05) is 12.0 Å². The van der Waals surface area contributed by atoms with Crippen LogP contribution in [0.2, 0.25) is 0 Å². The van der Waals surface area contributed by atoms with Gasteiger partial charge in [-0.15, -0.1) is 0 Å². The molecule has 0 N–H and O–H groups in total. The van der Waals surface area contributed by atoms with Gasteiger partial charge in [0.2, 0.25) is 0 Å². The van der Waals surface area contributed by atoms with Crippen LogP contribution in [0.3, 0.4) is 0 Å². The van der Waals surface area contributed by atoms with Crippen molar-refractivity contribution >= 4 is 17.2 Å². The average molecular weight is 319 g/mol. The molecule has 23 heavy (non-hydrogen) atoms. The number of hydrogen-bond donors (Lipinski definition) is 0. The van der Waals surface area contributed by atoms with Gasteiger partial charge >= 0.3 is 5.97 Å². The summed E-state index contributed by atoms with van der Waals surface area (Å²) in [4.78, 5) is 14.5. The van der Waals surface area contributed by atoms with Gasteiger partial charge in [-0.25, -0.2) is 9.18 Å². The first-order valence-electron chi connectivity index (χ1n) is 8.18. The number of fused-ring (bicyclic) bond motifs is 1. The molecule has 1 aliphatic heterocycles. The number of benzene rings is 1. The number of allylic oxidation sites excluding steroid dienone is 1. The summed E-state index contributed by atoms with van der Waals surface area (Å²) >= 11 is 0. The van der Waals surface area contributed by atoms with E-state index in [0.717, 1.165) is 36.1 Å². The fourth-order valence-electron chi connectivity index (χ4n) is 3.48. The molecule has 1 aromatic carbocycles. The smallest absolute Gasteiger partial charge is 0.328 e. The number of esters is 1. The molecule has 0 fully saturated rings. The van der Waals surface area contributed by atoms with Crippen molar-refractivity contribution in [3.05, 3.63) is 35.7 Å². The van der Waals surface area contributed by atoms with Gasteiger partial charge < -0.3 is 9.64 Å². The second-order valence-electron chi connectivity index (χ2n) is 6.69. The fourth-order valence-corrected chi connectivity index (χ4v) is 3.48. The quantitative estimate of drug-likeness (QED) is 0.745. The number of anilines is 1. The standard InChI is InChI=1S/C19H26FNO2/c1-6-7-8-17(18(22)23-5)21-16-10-9-14(20)11-15(16)13(2)12-19(21,3)4/h9-12,17H,6-8H2,1-5H3. The monoisotopic (exact) mass is 319 g/mol. The van der Waals surface area contributed by atoms with Crippen LogP contribution in [-0.4, -0.2) is 24.7 Å². The van der Waals surface area contributed by atoms with E-state index in [9.17, 15) is 9.18 Å². The van der Waals surface area contributed by atoms with Crippen LogP contribution < -0.4 is 4.90 Å². The van der Waals surface area contributed by atoms with E-state index in [1.165, 1.54) is 19.2 Å². The molecule has 3 nitrogen and oxygen atoms in total. The van der Waals surface area contributed by atoms with Crippen LogP contribution in [0.1, 0.15) is 52.5 Å². The van der Waals surface area contributed by atoms with Gasteiger partial charge in [-0.05, 0) is 51.0 Å². The maximum absolute atomic E-state index is 13.7. The normalized spacial score (nSPS) is 17.3. The van der Waals surface area contributed by atoms with Crippen molar-refractivity contribution in [3.63, 3.8) is 0 Å². The van der Waals surface area contributed by atoms with E-state index < -0.39 is 0 Å². The predicted octanol–water partition coefficient (Wildman–Crippen LogP) is 4.56. The molecule has 1 aliphatic rings. The maximum atomic E-state index is 13.7. The molecule has 0 amide bonds. The van der Waals surface area contributed by atoms with E-state index in [0.29, 0.717) is 0 Å². The third kappa shape index (κ3) is 3.41. The van der Waals surface area contributed by atoms with E-state index in [2.05, 4.69) is 31.7 Å². The minimum absolute atomic E-state index is 0.241. The summed E-state index contributed by atoms with van der Waals surface area (Å²) < 4.78 is 18.7. The number of nitrogens with zero attached hydrogens (tertiary/aromatic N) is 1. The van der Waals surface area contributed by atoms with Crippen LogP contribution in [0.5, 0.6) is 0 Å². The van der Waals surface area contributed by atoms with Gasteiger partial charge in [-0.1, -0.05) is 25.8 Å². The zero-order chi connectivity index (χ0) is 17.2. The summed E-state index contributed by atoms with van der Waals surface area (Å²) in [5, 5.41) is 0. The van der Waals surface area contributed by atoms with Crippen LogP contribution in [0.25, 0.3) is 5.57 Å². The lowest BCUT2D eigenvalue weighted by molar-refractivity contribution is -0.142. The largest absolute Gasteiger partial charge is 0.467 e. The van der Waals surface area contributed by atoms with E-state index in [1.54, 1.807) is 6.07 Å². The first-order chi connectivity index (χ1) is 10.8. The molecule has 1 aromatic rings. The topological polar surface area (TPSA) is 29.5 Å². The zero-order valence-electron chi connectivity index (χ0n) is 14.6. The van der Waals surface area contributed by atoms with Crippen LogP contribution in [0.15, 0.2) is 24.3 Å². The average Bonchev–Trinajstić information content (AvgIpc) is 2.49. The van der Waals surface area contributed by atoms with Crippen molar-refractivity contribution in [1.29, 1.82) is 0 Å². The minimum Gasteiger partial charge on any atom is -0.467 e. The lowest BCUT2D eigenvalue weighted by atomic mass is 9.86. The number of carbonyl (C=O) groups excluding carboxylic acids is 1. The summed E-state index contributed by atoms with van der Waals surface area (Å²) in [6, 6.07) is 4.39. The molecule has 2 rings (SSSR count). The van der Waals surface area contributed by atoms with Crippen LogP contribution in [0, 0.1) is 5.82 Å². The van der Waals surface area contributed by atoms with E-state index in [-0.39, 0.29) is 23.4 Å². The minimum atomic E-state index is -0.372. The highest BCUT2D eigenvalue weighted by atomic mass is 19.1. The number of rotatable bonds is 5. The molecule has 1 unspecified atom stereocenters. The summed E-state index contributed by atoms with van der Waals surface area (Å²) in [7, 11) is 1.42. The fraction of sp³-hybridized carbons (Fsp3) is 0.526. The van der Waals surface area contributed by atoms with Gasteiger partial charge in [0.15, 0.2) is 0 Å². The van der Waals surface area contributed by atoms with E-state index in [4.69, 9.17) is 4.74 Å². The van der Waals surface area contributed by atoms with Gasteiger partial charge in [-0.2, -0.15) is 0 Å². The first-order valence-corrected chi connectivity index (χ1v) is 8.18. The molecule has 0 bridgehead atoms. The van der Waals surface area contributed by atoms with Crippen molar-refractivity contribution in [2.24, 2.45) is 0 Å². The molecule has 0 spiro atoms. The van der Waals surface area contributed by atoms with Gasteiger partial charge in [0.05, 0.1) is 12.6 Å². The Balaban J connectivity index is 2.55. The zero-order valence-corrected chi connectivity index (χ0v) is 14.6. The lowest BCUT2D eigenvalue weighted by Gasteiger charge is -2.46. The summed E-state index contributed by atoms with van der Waals surface area (Å²) in [5.74, 6) is -0.505. The first kappa shape index (κ1) is 17.5. The van der Waals surface area contributed by atoms with E-state index in [1.807, 2.05) is 6.92 Å². The Morgan fingerprint density at radius 1 is 1.39 bits per heavy atom. The van der Waals surface area contributed by atoms with E-state index >= 15 is 0 Å². The number of carbonyl (C=O) groups is 1. The molecule has 0 aliphatic carbocycles. The molecule has 0 aromatic heterocycles. The van der Waals surface area contributed by atoms with Gasteiger partial charge in [0, 0.05) is 11.3 Å². The molecular weight excluding hydrogens is 293 g/mol. The summed E-state index contributed by atoms with van der Waals surface area (Å²) in [5.41, 5.74) is 2.42.